The number of fused-ring (bicyclic) bond motifs is 1. The number of aromatic amines is 1. The van der Waals surface area contributed by atoms with Gasteiger partial charge in [0.15, 0.2) is 0 Å². The van der Waals surface area contributed by atoms with Crippen LogP contribution < -0.4 is 5.32 Å². The number of hydrogen-bond acceptors (Lipinski definition) is 4. The van der Waals surface area contributed by atoms with Crippen LogP contribution in [0.5, 0.6) is 0 Å². The quantitative estimate of drug-likeness (QED) is 0.799. The number of likely N-dealkylation sites (tertiary alicyclic amines) is 1. The lowest BCUT2D eigenvalue weighted by atomic mass is 9.88. The SMILES string of the molecule is COC(=O)C1CCCN(C(=O)c2ccc3[nH]cc(C4CCNCC4)c3c2)C1C. The Morgan fingerprint density at radius 2 is 1.96 bits per heavy atom. The molecule has 0 radical (unpaired) electrons. The highest BCUT2D eigenvalue weighted by Gasteiger charge is 2.36. The minimum Gasteiger partial charge on any atom is -0.469 e. The first kappa shape index (κ1) is 19.0. The Kier molecular flexibility index (Phi) is 5.40. The van der Waals surface area contributed by atoms with Crippen molar-refractivity contribution < 1.29 is 14.3 Å². The van der Waals surface area contributed by atoms with E-state index in [4.69, 9.17) is 4.74 Å². The summed E-state index contributed by atoms with van der Waals surface area (Å²) in [6, 6.07) is 5.76. The Balaban J connectivity index is 1.61. The van der Waals surface area contributed by atoms with Crippen LogP contribution in [0.25, 0.3) is 10.9 Å². The van der Waals surface area contributed by atoms with E-state index in [1.807, 2.05) is 30.0 Å². The summed E-state index contributed by atoms with van der Waals surface area (Å²) in [6.45, 7) is 4.71. The zero-order chi connectivity index (χ0) is 19.7. The van der Waals surface area contributed by atoms with Crippen LogP contribution in [-0.2, 0) is 9.53 Å². The van der Waals surface area contributed by atoms with Crippen molar-refractivity contribution in [3.05, 3.63) is 35.5 Å². The van der Waals surface area contributed by atoms with Crippen molar-refractivity contribution in [3.8, 4) is 0 Å². The molecule has 0 saturated carbocycles. The molecule has 2 atom stereocenters. The number of piperidine rings is 2. The molecule has 0 spiro atoms. The van der Waals surface area contributed by atoms with Crippen LogP contribution in [0, 0.1) is 5.92 Å². The number of H-pyrrole nitrogens is 1. The molecule has 1 aromatic carbocycles. The second kappa shape index (κ2) is 7.95. The van der Waals surface area contributed by atoms with Gasteiger partial charge in [0.1, 0.15) is 0 Å². The summed E-state index contributed by atoms with van der Waals surface area (Å²) in [4.78, 5) is 30.5. The van der Waals surface area contributed by atoms with E-state index < -0.39 is 0 Å². The maximum absolute atomic E-state index is 13.3. The third-order valence-electron chi connectivity index (χ3n) is 6.49. The van der Waals surface area contributed by atoms with Gasteiger partial charge < -0.3 is 19.9 Å². The van der Waals surface area contributed by atoms with Crippen LogP contribution in [-0.4, -0.2) is 54.5 Å². The monoisotopic (exact) mass is 383 g/mol. The molecule has 150 valence electrons. The molecule has 6 heteroatoms. The third-order valence-corrected chi connectivity index (χ3v) is 6.49. The van der Waals surface area contributed by atoms with Gasteiger partial charge in [0.2, 0.25) is 0 Å². The standard InChI is InChI=1S/C22H29N3O3/c1-14-17(22(27)28-2)4-3-11-25(14)21(26)16-5-6-20-18(12-16)19(13-24-20)15-7-9-23-10-8-15/h5-6,12-15,17,23-24H,3-4,7-11H2,1-2H3. The van der Waals surface area contributed by atoms with Gasteiger partial charge >= 0.3 is 5.97 Å². The number of esters is 1. The van der Waals surface area contributed by atoms with E-state index in [9.17, 15) is 9.59 Å². The van der Waals surface area contributed by atoms with Crippen molar-refractivity contribution in [2.45, 2.75) is 44.6 Å². The van der Waals surface area contributed by atoms with Crippen LogP contribution in [0.4, 0.5) is 0 Å². The lowest BCUT2D eigenvalue weighted by Gasteiger charge is -2.38. The molecule has 28 heavy (non-hydrogen) atoms. The average Bonchev–Trinajstić information content (AvgIpc) is 3.16. The number of benzene rings is 1. The molecule has 6 nitrogen and oxygen atoms in total. The Bertz CT molecular complexity index is 869. The molecule has 2 aliphatic heterocycles. The number of nitrogens with one attached hydrogen (secondary N) is 2. The summed E-state index contributed by atoms with van der Waals surface area (Å²) in [5.41, 5.74) is 3.08. The highest BCUT2D eigenvalue weighted by molar-refractivity contribution is 5.99. The number of carbonyl (C=O) groups excluding carboxylic acids is 2. The fourth-order valence-electron chi connectivity index (χ4n) is 4.81. The van der Waals surface area contributed by atoms with Crippen molar-refractivity contribution in [2.24, 2.45) is 5.92 Å². The Morgan fingerprint density at radius 1 is 1.18 bits per heavy atom. The number of ether oxygens (including phenoxy) is 1. The molecule has 2 saturated heterocycles. The number of rotatable bonds is 3. The van der Waals surface area contributed by atoms with Crippen molar-refractivity contribution in [2.75, 3.05) is 26.7 Å². The molecule has 1 aromatic heterocycles. The van der Waals surface area contributed by atoms with E-state index in [2.05, 4.69) is 16.5 Å². The highest BCUT2D eigenvalue weighted by atomic mass is 16.5. The second-order valence-corrected chi connectivity index (χ2v) is 8.04. The van der Waals surface area contributed by atoms with Crippen molar-refractivity contribution in [3.63, 3.8) is 0 Å². The van der Waals surface area contributed by atoms with Gasteiger partial charge in [-0.15, -0.1) is 0 Å². The first-order valence-electron chi connectivity index (χ1n) is 10.3. The minimum atomic E-state index is -0.246. The van der Waals surface area contributed by atoms with E-state index in [1.54, 1.807) is 0 Å². The van der Waals surface area contributed by atoms with Crippen molar-refractivity contribution in [1.82, 2.24) is 15.2 Å². The first-order chi connectivity index (χ1) is 13.6. The zero-order valence-corrected chi connectivity index (χ0v) is 16.7. The Labute approximate surface area is 165 Å². The average molecular weight is 383 g/mol. The first-order valence-corrected chi connectivity index (χ1v) is 10.3. The fourth-order valence-corrected chi connectivity index (χ4v) is 4.81. The van der Waals surface area contributed by atoms with E-state index in [0.29, 0.717) is 18.0 Å². The van der Waals surface area contributed by atoms with Crippen LogP contribution in [0.15, 0.2) is 24.4 Å². The van der Waals surface area contributed by atoms with Gasteiger partial charge in [-0.1, -0.05) is 0 Å². The highest BCUT2D eigenvalue weighted by Crippen LogP contribution is 2.33. The van der Waals surface area contributed by atoms with Gasteiger partial charge in [-0.3, -0.25) is 9.59 Å². The summed E-state index contributed by atoms with van der Waals surface area (Å²) >= 11 is 0. The van der Waals surface area contributed by atoms with Crippen molar-refractivity contribution >= 4 is 22.8 Å². The molecule has 2 N–H and O–H groups in total. The molecular formula is C22H29N3O3. The lowest BCUT2D eigenvalue weighted by molar-refractivity contribution is -0.148. The molecule has 2 fully saturated rings. The minimum absolute atomic E-state index is 0.000430. The van der Waals surface area contributed by atoms with Gasteiger partial charge in [0.05, 0.1) is 13.0 Å². The maximum Gasteiger partial charge on any atom is 0.310 e. The number of carbonyl (C=O) groups is 2. The van der Waals surface area contributed by atoms with Gasteiger partial charge in [-0.05, 0) is 75.4 Å². The smallest absolute Gasteiger partial charge is 0.310 e. The zero-order valence-electron chi connectivity index (χ0n) is 16.7. The summed E-state index contributed by atoms with van der Waals surface area (Å²) in [6.07, 6.45) is 5.94. The molecule has 1 amide bonds. The second-order valence-electron chi connectivity index (χ2n) is 8.04. The molecule has 4 rings (SSSR count). The number of aromatic nitrogens is 1. The predicted octanol–water partition coefficient (Wildman–Crippen LogP) is 3.05. The summed E-state index contributed by atoms with van der Waals surface area (Å²) in [5, 5.41) is 4.56. The molecule has 2 aliphatic rings. The lowest BCUT2D eigenvalue weighted by Crippen LogP contribution is -2.49. The maximum atomic E-state index is 13.3. The van der Waals surface area contributed by atoms with Gasteiger partial charge in [0, 0.05) is 35.2 Å². The summed E-state index contributed by atoms with van der Waals surface area (Å²) in [5.74, 6) is 0.0571. The number of amides is 1. The van der Waals surface area contributed by atoms with Gasteiger partial charge in [-0.25, -0.2) is 0 Å². The topological polar surface area (TPSA) is 74.4 Å². The van der Waals surface area contributed by atoms with E-state index in [0.717, 1.165) is 49.7 Å². The largest absolute Gasteiger partial charge is 0.469 e. The fraction of sp³-hybridized carbons (Fsp3) is 0.545. The molecule has 3 heterocycles. The Hall–Kier alpha value is -2.34. The molecule has 2 unspecified atom stereocenters. The molecule has 0 bridgehead atoms. The summed E-state index contributed by atoms with van der Waals surface area (Å²) in [7, 11) is 1.41. The molecular weight excluding hydrogens is 354 g/mol. The van der Waals surface area contributed by atoms with Crippen molar-refractivity contribution in [1.29, 1.82) is 0 Å². The van der Waals surface area contributed by atoms with Crippen LogP contribution in [0.1, 0.15) is 54.4 Å². The Morgan fingerprint density at radius 3 is 2.71 bits per heavy atom. The number of nitrogens with zero attached hydrogens (tertiary/aromatic N) is 1. The molecule has 0 aliphatic carbocycles. The van der Waals surface area contributed by atoms with E-state index in [-0.39, 0.29) is 23.8 Å². The van der Waals surface area contributed by atoms with Gasteiger partial charge in [-0.2, -0.15) is 0 Å². The molecule has 2 aromatic rings. The third kappa shape index (κ3) is 3.41. The van der Waals surface area contributed by atoms with Gasteiger partial charge in [0.25, 0.3) is 5.91 Å². The summed E-state index contributed by atoms with van der Waals surface area (Å²) < 4.78 is 4.94. The van der Waals surface area contributed by atoms with Crippen LogP contribution >= 0.6 is 0 Å². The van der Waals surface area contributed by atoms with Crippen LogP contribution in [0.2, 0.25) is 0 Å². The van der Waals surface area contributed by atoms with E-state index >= 15 is 0 Å². The number of hydrogen-bond donors (Lipinski definition) is 2. The number of methoxy groups -OCH3 is 1. The van der Waals surface area contributed by atoms with E-state index in [1.165, 1.54) is 12.7 Å². The normalized spacial score (nSPS) is 23.7. The van der Waals surface area contributed by atoms with Crippen LogP contribution in [0.3, 0.4) is 0 Å². The predicted molar refractivity (Wildman–Crippen MR) is 108 cm³/mol.